The molecule has 0 radical (unpaired) electrons. The van der Waals surface area contributed by atoms with Crippen LogP contribution < -0.4 is 16.4 Å². The van der Waals surface area contributed by atoms with Gasteiger partial charge in [-0.25, -0.2) is 9.67 Å². The maximum atomic E-state index is 12.2. The predicted molar refractivity (Wildman–Crippen MR) is 90.2 cm³/mol. The molecule has 0 aliphatic heterocycles. The number of H-pyrrole nitrogens is 1. The van der Waals surface area contributed by atoms with Crippen LogP contribution in [0.3, 0.4) is 0 Å². The summed E-state index contributed by atoms with van der Waals surface area (Å²) in [6.07, 6.45) is 9.00. The van der Waals surface area contributed by atoms with Crippen molar-refractivity contribution >= 4 is 5.82 Å². The molecule has 7 nitrogen and oxygen atoms in total. The lowest BCUT2D eigenvalue weighted by Crippen LogP contribution is -2.34. The molecule has 2 saturated carbocycles. The average Bonchev–Trinajstić information content (AvgIpc) is 3.43. The van der Waals surface area contributed by atoms with Gasteiger partial charge in [0.2, 0.25) is 0 Å². The van der Waals surface area contributed by atoms with Crippen molar-refractivity contribution in [1.82, 2.24) is 19.7 Å². The summed E-state index contributed by atoms with van der Waals surface area (Å²) < 4.78 is 1.68. The third-order valence-corrected chi connectivity index (χ3v) is 4.93. The van der Waals surface area contributed by atoms with E-state index < -0.39 is 0 Å². The van der Waals surface area contributed by atoms with Crippen molar-refractivity contribution in [3.63, 3.8) is 0 Å². The molecule has 0 unspecified atom stereocenters. The lowest BCUT2D eigenvalue weighted by molar-refractivity contribution is 0.301. The molecule has 2 N–H and O–H groups in total. The molecular weight excluding hydrogens is 306 g/mol. The van der Waals surface area contributed by atoms with E-state index in [-0.39, 0.29) is 23.2 Å². The third-order valence-electron chi connectivity index (χ3n) is 4.93. The first-order valence-electron chi connectivity index (χ1n) is 8.60. The molecule has 2 aliphatic rings. The Morgan fingerprint density at radius 3 is 2.58 bits per heavy atom. The summed E-state index contributed by atoms with van der Waals surface area (Å²) in [5, 5.41) is 7.81. The highest BCUT2D eigenvalue weighted by Gasteiger charge is 2.28. The molecule has 0 amide bonds. The van der Waals surface area contributed by atoms with E-state index in [0.29, 0.717) is 11.7 Å². The van der Waals surface area contributed by atoms with E-state index in [2.05, 4.69) is 20.4 Å². The second kappa shape index (κ2) is 6.22. The Bertz CT molecular complexity index is 831. The van der Waals surface area contributed by atoms with Crippen LogP contribution in [-0.4, -0.2) is 25.8 Å². The largest absolute Gasteiger partial charge is 0.363 e. The first-order chi connectivity index (χ1) is 11.7. The topological polar surface area (TPSA) is 92.7 Å². The lowest BCUT2D eigenvalue weighted by atomic mass is 9.91. The number of aromatic amines is 1. The van der Waals surface area contributed by atoms with E-state index in [1.165, 1.54) is 19.0 Å². The number of hydrogen-bond acceptors (Lipinski definition) is 5. The molecule has 2 aromatic rings. The van der Waals surface area contributed by atoms with Crippen molar-refractivity contribution in [1.29, 1.82) is 0 Å². The summed E-state index contributed by atoms with van der Waals surface area (Å²) in [5.41, 5.74) is 0.835. The van der Waals surface area contributed by atoms with Gasteiger partial charge in [0.1, 0.15) is 0 Å². The van der Waals surface area contributed by atoms with E-state index in [4.69, 9.17) is 0 Å². The minimum Gasteiger partial charge on any atom is -0.363 e. The van der Waals surface area contributed by atoms with Crippen LogP contribution >= 0.6 is 0 Å². The van der Waals surface area contributed by atoms with Crippen LogP contribution in [0.5, 0.6) is 0 Å². The minimum atomic E-state index is -0.199. The summed E-state index contributed by atoms with van der Waals surface area (Å²) in [5.74, 6) is 0.915. The van der Waals surface area contributed by atoms with Gasteiger partial charge >= 0.3 is 0 Å². The maximum Gasteiger partial charge on any atom is 0.290 e. The Kier molecular flexibility index (Phi) is 3.92. The summed E-state index contributed by atoms with van der Waals surface area (Å²) >= 11 is 0. The molecule has 0 bridgehead atoms. The second-order valence-corrected chi connectivity index (χ2v) is 6.73. The molecule has 0 aromatic carbocycles. The van der Waals surface area contributed by atoms with Gasteiger partial charge in [0.25, 0.3) is 11.1 Å². The second-order valence-electron chi connectivity index (χ2n) is 6.73. The molecule has 2 fully saturated rings. The van der Waals surface area contributed by atoms with Crippen LogP contribution in [0, 0.1) is 0 Å². The molecule has 0 spiro atoms. The van der Waals surface area contributed by atoms with Crippen LogP contribution in [0.25, 0.3) is 0 Å². The van der Waals surface area contributed by atoms with Gasteiger partial charge in [-0.2, -0.15) is 5.10 Å². The van der Waals surface area contributed by atoms with Crippen molar-refractivity contribution in [2.45, 2.75) is 56.5 Å². The van der Waals surface area contributed by atoms with Gasteiger partial charge in [-0.05, 0) is 44.6 Å². The third kappa shape index (κ3) is 3.11. The van der Waals surface area contributed by atoms with E-state index in [0.717, 1.165) is 31.4 Å². The highest BCUT2D eigenvalue weighted by atomic mass is 16.1. The monoisotopic (exact) mass is 327 g/mol. The fourth-order valence-corrected chi connectivity index (χ4v) is 3.41. The molecule has 24 heavy (non-hydrogen) atoms. The first kappa shape index (κ1) is 15.1. The number of nitrogens with zero attached hydrogens (tertiary/aromatic N) is 3. The van der Waals surface area contributed by atoms with Crippen molar-refractivity contribution < 1.29 is 0 Å². The van der Waals surface area contributed by atoms with Crippen LogP contribution in [0.15, 0.2) is 34.1 Å². The van der Waals surface area contributed by atoms with Crippen molar-refractivity contribution in [3.05, 3.63) is 50.9 Å². The molecule has 0 atom stereocenters. The molecule has 2 aromatic heterocycles. The Morgan fingerprint density at radius 1 is 1.08 bits per heavy atom. The number of aromatic nitrogens is 4. The Morgan fingerprint density at radius 2 is 1.88 bits per heavy atom. The van der Waals surface area contributed by atoms with Gasteiger partial charge in [0.15, 0.2) is 5.82 Å². The van der Waals surface area contributed by atoms with Gasteiger partial charge in [0, 0.05) is 30.4 Å². The summed E-state index contributed by atoms with van der Waals surface area (Å²) in [7, 11) is 0. The molecule has 2 heterocycles. The molecule has 4 rings (SSSR count). The molecule has 126 valence electrons. The highest BCUT2D eigenvalue weighted by Crippen LogP contribution is 2.38. The van der Waals surface area contributed by atoms with Crippen molar-refractivity contribution in [2.24, 2.45) is 0 Å². The normalized spacial score (nSPS) is 23.8. The fourth-order valence-electron chi connectivity index (χ4n) is 3.41. The van der Waals surface area contributed by atoms with Crippen LogP contribution in [-0.2, 0) is 0 Å². The SMILES string of the molecule is O=c1[nH]ccnc1NC1CCC(n2nc(C3CC3)ccc2=O)CC1. The van der Waals surface area contributed by atoms with Gasteiger partial charge in [-0.15, -0.1) is 0 Å². The predicted octanol–water partition coefficient (Wildman–Crippen LogP) is 1.80. The van der Waals surface area contributed by atoms with E-state index in [9.17, 15) is 9.59 Å². The van der Waals surface area contributed by atoms with E-state index >= 15 is 0 Å². The van der Waals surface area contributed by atoms with Gasteiger partial charge < -0.3 is 10.3 Å². The molecule has 2 aliphatic carbocycles. The Labute approximate surface area is 139 Å². The van der Waals surface area contributed by atoms with Crippen LogP contribution in [0.2, 0.25) is 0 Å². The van der Waals surface area contributed by atoms with Crippen LogP contribution in [0.4, 0.5) is 5.82 Å². The highest BCUT2D eigenvalue weighted by molar-refractivity contribution is 5.31. The van der Waals surface area contributed by atoms with Crippen molar-refractivity contribution in [3.8, 4) is 0 Å². The smallest absolute Gasteiger partial charge is 0.290 e. The molecular formula is C17H21N5O2. The quantitative estimate of drug-likeness (QED) is 0.893. The van der Waals surface area contributed by atoms with Crippen LogP contribution in [0.1, 0.15) is 56.2 Å². The number of anilines is 1. The zero-order valence-electron chi connectivity index (χ0n) is 13.4. The van der Waals surface area contributed by atoms with Gasteiger partial charge in [0.05, 0.1) is 11.7 Å². The fraction of sp³-hybridized carbons (Fsp3) is 0.529. The Hall–Kier alpha value is -2.44. The lowest BCUT2D eigenvalue weighted by Gasteiger charge is -2.29. The first-order valence-corrected chi connectivity index (χ1v) is 8.60. The maximum absolute atomic E-state index is 12.2. The van der Waals surface area contributed by atoms with Gasteiger partial charge in [-0.1, -0.05) is 0 Å². The zero-order chi connectivity index (χ0) is 16.5. The Balaban J connectivity index is 1.43. The standard InChI is InChI=1S/C17H21N5O2/c23-15-8-7-14(11-1-2-11)21-22(15)13-5-3-12(4-6-13)20-16-17(24)19-10-9-18-16/h7-13H,1-6H2,(H,18,20)(H,19,24). The summed E-state index contributed by atoms with van der Waals surface area (Å²) in [4.78, 5) is 30.6. The summed E-state index contributed by atoms with van der Waals surface area (Å²) in [6.45, 7) is 0. The minimum absolute atomic E-state index is 0.0167. The molecule has 7 heteroatoms. The zero-order valence-corrected chi connectivity index (χ0v) is 13.4. The van der Waals surface area contributed by atoms with Crippen molar-refractivity contribution in [2.75, 3.05) is 5.32 Å². The number of rotatable bonds is 4. The van der Waals surface area contributed by atoms with Gasteiger partial charge in [-0.3, -0.25) is 9.59 Å². The average molecular weight is 327 g/mol. The molecule has 0 saturated heterocycles. The summed E-state index contributed by atoms with van der Waals surface area (Å²) in [6, 6.07) is 3.88. The van der Waals surface area contributed by atoms with E-state index in [1.807, 2.05) is 6.07 Å². The number of nitrogens with one attached hydrogen (secondary N) is 2. The van der Waals surface area contributed by atoms with E-state index in [1.54, 1.807) is 16.9 Å². The number of hydrogen-bond donors (Lipinski definition) is 2.